The van der Waals surface area contributed by atoms with Crippen LogP contribution in [-0.4, -0.2) is 14.1 Å². The third kappa shape index (κ3) is 4.23. The Hall–Kier alpha value is -6.91. The van der Waals surface area contributed by atoms with Gasteiger partial charge in [-0.2, -0.15) is 0 Å². The third-order valence-electron chi connectivity index (χ3n) is 10.3. The second-order valence-corrected chi connectivity index (χ2v) is 13.2. The summed E-state index contributed by atoms with van der Waals surface area (Å²) in [5.74, 6) is 0. The number of furan rings is 1. The first kappa shape index (κ1) is 28.0. The number of rotatable bonds is 4. The molecule has 0 atom stereocenters. The molecule has 11 aromatic rings. The van der Waals surface area contributed by atoms with Crippen LogP contribution in [0.2, 0.25) is 0 Å². The van der Waals surface area contributed by atoms with Gasteiger partial charge in [-0.1, -0.05) is 84.9 Å². The van der Waals surface area contributed by atoms with Crippen molar-refractivity contribution in [1.29, 1.82) is 0 Å². The summed E-state index contributed by atoms with van der Waals surface area (Å²) in [6, 6.07) is 62.4. The Kier molecular flexibility index (Phi) is 5.92. The summed E-state index contributed by atoms with van der Waals surface area (Å²) < 4.78 is 11.1. The highest BCUT2D eigenvalue weighted by molar-refractivity contribution is 6.12. The highest BCUT2D eigenvalue weighted by Gasteiger charge is 2.16. The van der Waals surface area contributed by atoms with Crippen molar-refractivity contribution in [3.63, 3.8) is 0 Å². The first-order chi connectivity index (χ1) is 25.3. The highest BCUT2D eigenvalue weighted by atomic mass is 16.3. The van der Waals surface area contributed by atoms with Gasteiger partial charge in [0.1, 0.15) is 11.2 Å². The number of fused-ring (bicyclic) bond motifs is 9. The number of pyridine rings is 1. The van der Waals surface area contributed by atoms with Gasteiger partial charge in [-0.15, -0.1) is 0 Å². The number of nitrogens with zero attached hydrogens (tertiary/aromatic N) is 3. The lowest BCUT2D eigenvalue weighted by Gasteiger charge is -2.09. The van der Waals surface area contributed by atoms with Gasteiger partial charge in [0.15, 0.2) is 0 Å². The highest BCUT2D eigenvalue weighted by Crippen LogP contribution is 2.38. The molecule has 0 spiro atoms. The van der Waals surface area contributed by atoms with Gasteiger partial charge in [0, 0.05) is 54.8 Å². The Morgan fingerprint density at radius 2 is 0.824 bits per heavy atom. The third-order valence-corrected chi connectivity index (χ3v) is 10.3. The first-order valence-electron chi connectivity index (χ1n) is 17.3. The SMILES string of the molecule is c1ccc(-n2c3ccccc3c3cc(-c4cccc(-c5ccc6oc7ccc(-n8c9ccccc9c9ccccc98)cc7c6c5)n4)ccc32)cc1. The van der Waals surface area contributed by atoms with Crippen LogP contribution in [0.1, 0.15) is 0 Å². The van der Waals surface area contributed by atoms with Crippen LogP contribution >= 0.6 is 0 Å². The molecule has 0 amide bonds. The zero-order valence-electron chi connectivity index (χ0n) is 27.5. The van der Waals surface area contributed by atoms with Crippen LogP contribution < -0.4 is 0 Å². The van der Waals surface area contributed by atoms with Gasteiger partial charge in [-0.05, 0) is 91.0 Å². The molecule has 4 heterocycles. The van der Waals surface area contributed by atoms with Crippen molar-refractivity contribution in [3.8, 4) is 33.9 Å². The molecule has 4 aromatic heterocycles. The van der Waals surface area contributed by atoms with Gasteiger partial charge < -0.3 is 13.6 Å². The van der Waals surface area contributed by atoms with E-state index >= 15 is 0 Å². The molecule has 4 nitrogen and oxygen atoms in total. The van der Waals surface area contributed by atoms with Crippen molar-refractivity contribution in [2.45, 2.75) is 0 Å². The van der Waals surface area contributed by atoms with E-state index < -0.39 is 0 Å². The predicted octanol–water partition coefficient (Wildman–Crippen LogP) is 12.5. The minimum absolute atomic E-state index is 0.865. The molecule has 0 fully saturated rings. The van der Waals surface area contributed by atoms with E-state index in [0.29, 0.717) is 0 Å². The number of benzene rings is 7. The second-order valence-electron chi connectivity index (χ2n) is 13.2. The molecule has 7 aromatic carbocycles. The zero-order chi connectivity index (χ0) is 33.5. The minimum atomic E-state index is 0.865. The summed E-state index contributed by atoms with van der Waals surface area (Å²) in [5, 5.41) is 7.10. The lowest BCUT2D eigenvalue weighted by molar-refractivity contribution is 0.669. The van der Waals surface area contributed by atoms with Gasteiger partial charge in [-0.3, -0.25) is 0 Å². The maximum atomic E-state index is 6.36. The fourth-order valence-corrected chi connectivity index (χ4v) is 8.01. The Labute approximate surface area is 293 Å². The monoisotopic (exact) mass is 651 g/mol. The smallest absolute Gasteiger partial charge is 0.135 e. The number of hydrogen-bond acceptors (Lipinski definition) is 2. The number of para-hydroxylation sites is 4. The van der Waals surface area contributed by atoms with Gasteiger partial charge in [-0.25, -0.2) is 4.98 Å². The predicted molar refractivity (Wildman–Crippen MR) is 211 cm³/mol. The van der Waals surface area contributed by atoms with Crippen LogP contribution in [0.25, 0.3) is 99.4 Å². The van der Waals surface area contributed by atoms with Crippen molar-refractivity contribution in [3.05, 3.63) is 176 Å². The maximum absolute atomic E-state index is 6.36. The molecule has 0 radical (unpaired) electrons. The van der Waals surface area contributed by atoms with E-state index in [0.717, 1.165) is 55.8 Å². The zero-order valence-corrected chi connectivity index (χ0v) is 27.5. The van der Waals surface area contributed by atoms with Crippen LogP contribution in [0, 0.1) is 0 Å². The average molecular weight is 652 g/mol. The fourth-order valence-electron chi connectivity index (χ4n) is 8.01. The lowest BCUT2D eigenvalue weighted by atomic mass is 10.0. The van der Waals surface area contributed by atoms with Gasteiger partial charge >= 0.3 is 0 Å². The molecule has 0 aliphatic heterocycles. The summed E-state index contributed by atoms with van der Waals surface area (Å²) >= 11 is 0. The van der Waals surface area contributed by atoms with Crippen molar-refractivity contribution in [1.82, 2.24) is 14.1 Å². The molecule has 0 N–H and O–H groups in total. The molecule has 0 aliphatic rings. The van der Waals surface area contributed by atoms with Crippen molar-refractivity contribution in [2.75, 3.05) is 0 Å². The van der Waals surface area contributed by atoms with E-state index in [9.17, 15) is 0 Å². The standard InChI is InChI=1S/C47H29N3O/c1-2-11-32(12-3-1)49-44-20-9-6-15-36(44)37-27-30(21-24-45(37)49)40-16-10-17-41(48-40)31-22-25-46-38(28-31)39-29-33(23-26-47(39)51-46)50-42-18-7-4-13-34(42)35-14-5-8-19-43(35)50/h1-29H. The Morgan fingerprint density at radius 1 is 0.333 bits per heavy atom. The normalized spacial score (nSPS) is 11.9. The molecular formula is C47H29N3O. The summed E-state index contributed by atoms with van der Waals surface area (Å²) in [7, 11) is 0. The quantitative estimate of drug-likeness (QED) is 0.190. The van der Waals surface area contributed by atoms with Crippen molar-refractivity contribution < 1.29 is 4.42 Å². The van der Waals surface area contributed by atoms with Gasteiger partial charge in [0.05, 0.1) is 33.5 Å². The molecular weight excluding hydrogens is 623 g/mol. The van der Waals surface area contributed by atoms with E-state index in [1.54, 1.807) is 0 Å². The molecule has 238 valence electrons. The Morgan fingerprint density at radius 3 is 1.49 bits per heavy atom. The largest absolute Gasteiger partial charge is 0.456 e. The molecule has 0 unspecified atom stereocenters. The van der Waals surface area contributed by atoms with Gasteiger partial charge in [0.2, 0.25) is 0 Å². The molecule has 11 rings (SSSR count). The van der Waals surface area contributed by atoms with E-state index in [-0.39, 0.29) is 0 Å². The molecule has 0 saturated heterocycles. The molecule has 0 saturated carbocycles. The second kappa shape index (κ2) is 10.8. The summed E-state index contributed by atoms with van der Waals surface area (Å²) in [4.78, 5) is 5.22. The average Bonchev–Trinajstić information content (AvgIpc) is 3.85. The molecule has 51 heavy (non-hydrogen) atoms. The minimum Gasteiger partial charge on any atom is -0.456 e. The van der Waals surface area contributed by atoms with Crippen molar-refractivity contribution in [2.24, 2.45) is 0 Å². The van der Waals surface area contributed by atoms with Crippen molar-refractivity contribution >= 4 is 65.6 Å². The van der Waals surface area contributed by atoms with E-state index in [2.05, 4.69) is 185 Å². The Balaban J connectivity index is 1.03. The maximum Gasteiger partial charge on any atom is 0.135 e. The van der Waals surface area contributed by atoms with Crippen LogP contribution in [0.15, 0.2) is 180 Å². The van der Waals surface area contributed by atoms with Gasteiger partial charge in [0.25, 0.3) is 0 Å². The summed E-state index contributed by atoms with van der Waals surface area (Å²) in [6.45, 7) is 0. The van der Waals surface area contributed by atoms with Crippen LogP contribution in [0.3, 0.4) is 0 Å². The molecule has 0 aliphatic carbocycles. The summed E-state index contributed by atoms with van der Waals surface area (Å²) in [5.41, 5.74) is 12.8. The van der Waals surface area contributed by atoms with Crippen LogP contribution in [0.4, 0.5) is 0 Å². The topological polar surface area (TPSA) is 35.9 Å². The van der Waals surface area contributed by atoms with Crippen LogP contribution in [0.5, 0.6) is 0 Å². The van der Waals surface area contributed by atoms with E-state index in [1.807, 2.05) is 0 Å². The number of hydrogen-bond donors (Lipinski definition) is 0. The fraction of sp³-hybridized carbons (Fsp3) is 0. The van der Waals surface area contributed by atoms with E-state index in [4.69, 9.17) is 9.40 Å². The van der Waals surface area contributed by atoms with Crippen LogP contribution in [-0.2, 0) is 0 Å². The Bertz CT molecular complexity index is 3090. The molecule has 0 bridgehead atoms. The van der Waals surface area contributed by atoms with E-state index in [1.165, 1.54) is 43.6 Å². The number of aromatic nitrogens is 3. The lowest BCUT2D eigenvalue weighted by Crippen LogP contribution is -1.93. The first-order valence-corrected chi connectivity index (χ1v) is 17.3. The summed E-state index contributed by atoms with van der Waals surface area (Å²) in [6.07, 6.45) is 0. The molecule has 4 heteroatoms.